The first-order chi connectivity index (χ1) is 13.8. The van der Waals surface area contributed by atoms with Gasteiger partial charge in [0.15, 0.2) is 9.84 Å². The number of thiophene rings is 1. The van der Waals surface area contributed by atoms with Gasteiger partial charge in [0.2, 0.25) is 11.8 Å². The molecule has 0 aliphatic rings. The Hall–Kier alpha value is -2.56. The first-order valence-corrected chi connectivity index (χ1v) is 11.8. The van der Waals surface area contributed by atoms with Gasteiger partial charge in [-0.1, -0.05) is 19.1 Å². The van der Waals surface area contributed by atoms with Crippen LogP contribution >= 0.6 is 11.3 Å². The summed E-state index contributed by atoms with van der Waals surface area (Å²) >= 11 is 1.52. The molecule has 3 rings (SSSR count). The number of nitrogens with one attached hydrogen (secondary N) is 1. The number of carbonyl (C=O) groups is 1. The van der Waals surface area contributed by atoms with E-state index in [9.17, 15) is 13.2 Å². The summed E-state index contributed by atoms with van der Waals surface area (Å²) in [6.45, 7) is 3.16. The van der Waals surface area contributed by atoms with Gasteiger partial charge in [-0.25, -0.2) is 8.42 Å². The van der Waals surface area contributed by atoms with Crippen molar-refractivity contribution in [2.24, 2.45) is 0 Å². The molecule has 29 heavy (non-hydrogen) atoms. The highest BCUT2D eigenvalue weighted by atomic mass is 32.2. The fraction of sp³-hybridized carbons (Fsp3) is 0.316. The molecule has 8 nitrogen and oxygen atoms in total. The number of benzene rings is 1. The van der Waals surface area contributed by atoms with Crippen LogP contribution in [0.2, 0.25) is 0 Å². The summed E-state index contributed by atoms with van der Waals surface area (Å²) in [6, 6.07) is 10.0. The maximum atomic E-state index is 12.5. The molecule has 0 bridgehead atoms. The number of aromatic nitrogens is 2. The summed E-state index contributed by atoms with van der Waals surface area (Å²) < 4.78 is 29.1. The summed E-state index contributed by atoms with van der Waals surface area (Å²) in [6.07, 6.45) is 1.98. The third kappa shape index (κ3) is 5.96. The minimum absolute atomic E-state index is 0.119. The zero-order chi connectivity index (χ0) is 20.9. The largest absolute Gasteiger partial charge is 0.419 e. The Morgan fingerprint density at radius 1 is 1.24 bits per heavy atom. The van der Waals surface area contributed by atoms with Crippen LogP contribution in [0.5, 0.6) is 0 Å². The highest BCUT2D eigenvalue weighted by Gasteiger charge is 2.16. The lowest BCUT2D eigenvalue weighted by Crippen LogP contribution is -2.33. The fourth-order valence-corrected chi connectivity index (χ4v) is 4.06. The second-order valence-corrected chi connectivity index (χ2v) is 9.50. The van der Waals surface area contributed by atoms with Gasteiger partial charge in [-0.15, -0.1) is 21.5 Å². The standard InChI is InChI=1S/C19H22N4O4S2/c1-3-9-23(13-18-21-22-19(27-18)16-8-5-10-28-16)12-17(24)20-14-6-4-7-15(11-14)29(2,25)26/h4-8,10-11H,3,9,12-13H2,1-2H3,(H,20,24). The first-order valence-electron chi connectivity index (χ1n) is 9.03. The number of rotatable bonds is 9. The van der Waals surface area contributed by atoms with Crippen LogP contribution < -0.4 is 5.32 Å². The van der Waals surface area contributed by atoms with Crippen molar-refractivity contribution in [1.82, 2.24) is 15.1 Å². The lowest BCUT2D eigenvalue weighted by molar-refractivity contribution is -0.117. The SMILES string of the molecule is CCCN(CC(=O)Nc1cccc(S(C)(=O)=O)c1)Cc1nnc(-c2cccs2)o1. The Morgan fingerprint density at radius 3 is 2.76 bits per heavy atom. The molecule has 1 N–H and O–H groups in total. The Labute approximate surface area is 173 Å². The molecule has 0 saturated heterocycles. The molecule has 3 aromatic rings. The average Bonchev–Trinajstić information content (AvgIpc) is 3.33. The molecule has 0 saturated carbocycles. The molecule has 0 spiro atoms. The van der Waals surface area contributed by atoms with Crippen LogP contribution in [0.3, 0.4) is 0 Å². The predicted octanol–water partition coefficient (Wildman–Crippen LogP) is 3.05. The van der Waals surface area contributed by atoms with Crippen molar-refractivity contribution in [3.63, 3.8) is 0 Å². The lowest BCUT2D eigenvalue weighted by atomic mass is 10.3. The van der Waals surface area contributed by atoms with E-state index in [1.54, 1.807) is 12.1 Å². The van der Waals surface area contributed by atoms with Crippen molar-refractivity contribution in [2.75, 3.05) is 24.7 Å². The molecule has 0 atom stereocenters. The van der Waals surface area contributed by atoms with Crippen LogP contribution in [-0.4, -0.2) is 48.8 Å². The summed E-state index contributed by atoms with van der Waals surface area (Å²) in [5, 5.41) is 12.8. The lowest BCUT2D eigenvalue weighted by Gasteiger charge is -2.19. The van der Waals surface area contributed by atoms with Gasteiger partial charge in [0.25, 0.3) is 5.89 Å². The summed E-state index contributed by atoms with van der Waals surface area (Å²) in [5.41, 5.74) is 0.437. The Bertz CT molecular complexity index is 1060. The minimum atomic E-state index is -3.34. The molecule has 2 aromatic heterocycles. The quantitative estimate of drug-likeness (QED) is 0.552. The van der Waals surface area contributed by atoms with Crippen molar-refractivity contribution < 1.29 is 17.6 Å². The van der Waals surface area contributed by atoms with Crippen LogP contribution in [0.1, 0.15) is 19.2 Å². The molecule has 154 valence electrons. The molecule has 1 amide bonds. The van der Waals surface area contributed by atoms with Gasteiger partial charge in [-0.2, -0.15) is 0 Å². The van der Waals surface area contributed by atoms with E-state index in [-0.39, 0.29) is 17.3 Å². The number of anilines is 1. The molecule has 0 unspecified atom stereocenters. The van der Waals surface area contributed by atoms with E-state index in [0.717, 1.165) is 17.6 Å². The number of carbonyl (C=O) groups excluding carboxylic acids is 1. The van der Waals surface area contributed by atoms with Gasteiger partial charge in [0.1, 0.15) is 0 Å². The number of amides is 1. The number of sulfone groups is 1. The Kier molecular flexibility index (Phi) is 6.78. The molecule has 0 radical (unpaired) electrons. The molecule has 10 heteroatoms. The molecule has 1 aromatic carbocycles. The van der Waals surface area contributed by atoms with Gasteiger partial charge in [0.05, 0.1) is 22.9 Å². The minimum Gasteiger partial charge on any atom is -0.419 e. The zero-order valence-electron chi connectivity index (χ0n) is 16.2. The maximum absolute atomic E-state index is 12.5. The Balaban J connectivity index is 1.63. The van der Waals surface area contributed by atoms with Gasteiger partial charge in [0, 0.05) is 11.9 Å². The van der Waals surface area contributed by atoms with Crippen molar-refractivity contribution in [3.05, 3.63) is 47.7 Å². The Morgan fingerprint density at radius 2 is 2.07 bits per heavy atom. The van der Waals surface area contributed by atoms with Crippen molar-refractivity contribution in [1.29, 1.82) is 0 Å². The fourth-order valence-electron chi connectivity index (χ4n) is 2.75. The smallest absolute Gasteiger partial charge is 0.257 e. The molecular weight excluding hydrogens is 412 g/mol. The highest BCUT2D eigenvalue weighted by Crippen LogP contribution is 2.23. The van der Waals surface area contributed by atoms with E-state index >= 15 is 0 Å². The second kappa shape index (κ2) is 9.29. The molecule has 2 heterocycles. The number of nitrogens with zero attached hydrogens (tertiary/aromatic N) is 3. The molecule has 0 aliphatic heterocycles. The van der Waals surface area contributed by atoms with Crippen LogP contribution in [0.4, 0.5) is 5.69 Å². The highest BCUT2D eigenvalue weighted by molar-refractivity contribution is 7.90. The number of hydrogen-bond acceptors (Lipinski definition) is 8. The van der Waals surface area contributed by atoms with E-state index in [1.807, 2.05) is 29.3 Å². The second-order valence-electron chi connectivity index (χ2n) is 6.54. The normalized spacial score (nSPS) is 11.7. The maximum Gasteiger partial charge on any atom is 0.257 e. The monoisotopic (exact) mass is 434 g/mol. The first kappa shape index (κ1) is 21.2. The summed E-state index contributed by atoms with van der Waals surface area (Å²) in [7, 11) is -3.34. The predicted molar refractivity (Wildman–Crippen MR) is 111 cm³/mol. The van der Waals surface area contributed by atoms with E-state index in [0.29, 0.717) is 30.6 Å². The molecular formula is C19H22N4O4S2. The third-order valence-electron chi connectivity index (χ3n) is 4.01. The topological polar surface area (TPSA) is 105 Å². The van der Waals surface area contributed by atoms with Gasteiger partial charge in [-0.3, -0.25) is 9.69 Å². The van der Waals surface area contributed by atoms with Crippen molar-refractivity contribution in [3.8, 4) is 10.8 Å². The van der Waals surface area contributed by atoms with Gasteiger partial charge in [-0.05, 0) is 42.6 Å². The zero-order valence-corrected chi connectivity index (χ0v) is 17.8. The van der Waals surface area contributed by atoms with Gasteiger partial charge >= 0.3 is 0 Å². The van der Waals surface area contributed by atoms with Crippen LogP contribution in [0.25, 0.3) is 10.8 Å². The van der Waals surface area contributed by atoms with E-state index < -0.39 is 9.84 Å². The van der Waals surface area contributed by atoms with E-state index in [4.69, 9.17) is 4.42 Å². The van der Waals surface area contributed by atoms with E-state index in [1.165, 1.54) is 23.5 Å². The van der Waals surface area contributed by atoms with Crippen molar-refractivity contribution in [2.45, 2.75) is 24.8 Å². The average molecular weight is 435 g/mol. The van der Waals surface area contributed by atoms with Gasteiger partial charge < -0.3 is 9.73 Å². The summed E-state index contributed by atoms with van der Waals surface area (Å²) in [4.78, 5) is 15.4. The van der Waals surface area contributed by atoms with Crippen LogP contribution in [0.15, 0.2) is 51.1 Å². The van der Waals surface area contributed by atoms with Crippen LogP contribution in [-0.2, 0) is 21.2 Å². The van der Waals surface area contributed by atoms with Crippen molar-refractivity contribution >= 4 is 32.8 Å². The molecule has 0 aliphatic carbocycles. The molecule has 0 fully saturated rings. The number of hydrogen-bond donors (Lipinski definition) is 1. The van der Waals surface area contributed by atoms with E-state index in [2.05, 4.69) is 15.5 Å². The summed E-state index contributed by atoms with van der Waals surface area (Å²) in [5.74, 6) is 0.657. The van der Waals surface area contributed by atoms with Crippen LogP contribution in [0, 0.1) is 0 Å². The third-order valence-corrected chi connectivity index (χ3v) is 5.98.